The maximum atomic E-state index is 10.0. The van der Waals surface area contributed by atoms with Crippen LogP contribution in [0.1, 0.15) is 37.2 Å². The van der Waals surface area contributed by atoms with Crippen LogP contribution in [0.15, 0.2) is 45.5 Å². The van der Waals surface area contributed by atoms with Crippen molar-refractivity contribution in [1.82, 2.24) is 0 Å². The van der Waals surface area contributed by atoms with Crippen LogP contribution < -0.4 is 4.90 Å². The summed E-state index contributed by atoms with van der Waals surface area (Å²) in [4.78, 5) is 2.34. The van der Waals surface area contributed by atoms with Crippen molar-refractivity contribution < 1.29 is 9.52 Å². The van der Waals surface area contributed by atoms with Gasteiger partial charge in [-0.25, -0.2) is 0 Å². The Morgan fingerprint density at radius 1 is 1.40 bits per heavy atom. The van der Waals surface area contributed by atoms with Gasteiger partial charge in [-0.1, -0.05) is 15.9 Å². The average molecular weight is 336 g/mol. The van der Waals surface area contributed by atoms with E-state index in [-0.39, 0.29) is 0 Å². The van der Waals surface area contributed by atoms with Crippen LogP contribution in [-0.2, 0) is 6.54 Å². The molecule has 1 unspecified atom stereocenters. The lowest BCUT2D eigenvalue weighted by molar-refractivity contribution is 0.199. The first-order valence-corrected chi connectivity index (χ1v) is 7.71. The van der Waals surface area contributed by atoms with E-state index < -0.39 is 6.10 Å². The van der Waals surface area contributed by atoms with Crippen molar-refractivity contribution in [3.05, 3.63) is 52.4 Å². The van der Waals surface area contributed by atoms with Crippen molar-refractivity contribution >= 4 is 21.6 Å². The maximum Gasteiger partial charge on any atom is 0.123 e. The highest BCUT2D eigenvalue weighted by Crippen LogP contribution is 2.38. The van der Waals surface area contributed by atoms with Crippen molar-refractivity contribution in [2.75, 3.05) is 4.90 Å². The van der Waals surface area contributed by atoms with E-state index in [0.29, 0.717) is 6.04 Å². The number of hydrogen-bond donors (Lipinski definition) is 1. The molecule has 1 atom stereocenters. The molecule has 3 rings (SSSR count). The zero-order valence-electron chi connectivity index (χ0n) is 11.4. The first-order chi connectivity index (χ1) is 9.65. The lowest BCUT2D eigenvalue weighted by Crippen LogP contribution is -2.26. The van der Waals surface area contributed by atoms with Gasteiger partial charge in [0, 0.05) is 21.8 Å². The molecule has 2 aromatic rings. The number of aliphatic hydroxyl groups excluding tert-OH is 1. The van der Waals surface area contributed by atoms with Crippen molar-refractivity contribution in [2.45, 2.75) is 38.5 Å². The summed E-state index contributed by atoms with van der Waals surface area (Å²) in [6, 6.07) is 10.6. The molecule has 1 aliphatic rings. The molecule has 0 aliphatic heterocycles. The Morgan fingerprint density at radius 3 is 2.80 bits per heavy atom. The van der Waals surface area contributed by atoms with Gasteiger partial charge in [0.15, 0.2) is 0 Å². The molecule has 20 heavy (non-hydrogen) atoms. The van der Waals surface area contributed by atoms with Crippen molar-refractivity contribution in [3.63, 3.8) is 0 Å². The molecule has 1 N–H and O–H groups in total. The van der Waals surface area contributed by atoms with Crippen LogP contribution in [0.5, 0.6) is 0 Å². The highest BCUT2D eigenvalue weighted by atomic mass is 79.9. The van der Waals surface area contributed by atoms with Crippen LogP contribution in [0.4, 0.5) is 5.69 Å². The molecule has 0 bridgehead atoms. The summed E-state index contributed by atoms with van der Waals surface area (Å²) in [5.74, 6) is 0.955. The summed E-state index contributed by atoms with van der Waals surface area (Å²) in [6.45, 7) is 2.56. The minimum Gasteiger partial charge on any atom is -0.467 e. The van der Waals surface area contributed by atoms with Crippen molar-refractivity contribution in [1.29, 1.82) is 0 Å². The van der Waals surface area contributed by atoms with Gasteiger partial charge in [0.25, 0.3) is 0 Å². The molecule has 0 saturated heterocycles. The summed E-state index contributed by atoms with van der Waals surface area (Å²) in [6.07, 6.45) is 3.63. The van der Waals surface area contributed by atoms with Gasteiger partial charge in [-0.05, 0) is 50.1 Å². The van der Waals surface area contributed by atoms with Gasteiger partial charge in [-0.3, -0.25) is 0 Å². The molecular formula is C16H18BrNO2. The molecular weight excluding hydrogens is 318 g/mol. The van der Waals surface area contributed by atoms with Gasteiger partial charge in [0.05, 0.1) is 18.9 Å². The molecule has 1 saturated carbocycles. The second-order valence-corrected chi connectivity index (χ2v) is 6.23. The van der Waals surface area contributed by atoms with E-state index in [4.69, 9.17) is 4.42 Å². The Balaban J connectivity index is 1.95. The summed E-state index contributed by atoms with van der Waals surface area (Å²) in [7, 11) is 0. The lowest BCUT2D eigenvalue weighted by Gasteiger charge is -2.27. The summed E-state index contributed by atoms with van der Waals surface area (Å²) in [5, 5.41) is 10.0. The third-order valence-electron chi connectivity index (χ3n) is 3.64. The van der Waals surface area contributed by atoms with Gasteiger partial charge in [0.2, 0.25) is 0 Å². The molecule has 1 heterocycles. The minimum absolute atomic E-state index is 0.486. The van der Waals surface area contributed by atoms with E-state index in [1.165, 1.54) is 12.8 Å². The Kier molecular flexibility index (Phi) is 3.85. The molecule has 1 aromatic carbocycles. The fourth-order valence-corrected chi connectivity index (χ4v) is 2.87. The summed E-state index contributed by atoms with van der Waals surface area (Å²) in [5.41, 5.74) is 2.06. The number of rotatable bonds is 5. The smallest absolute Gasteiger partial charge is 0.123 e. The van der Waals surface area contributed by atoms with Crippen LogP contribution in [-0.4, -0.2) is 11.1 Å². The van der Waals surface area contributed by atoms with Gasteiger partial charge in [0.1, 0.15) is 5.76 Å². The van der Waals surface area contributed by atoms with Crippen LogP contribution >= 0.6 is 15.9 Å². The lowest BCUT2D eigenvalue weighted by atomic mass is 10.1. The molecule has 1 aromatic heterocycles. The first-order valence-electron chi connectivity index (χ1n) is 6.91. The van der Waals surface area contributed by atoms with E-state index in [9.17, 15) is 5.11 Å². The Bertz CT molecular complexity index is 576. The second-order valence-electron chi connectivity index (χ2n) is 5.32. The van der Waals surface area contributed by atoms with Crippen LogP contribution in [0, 0.1) is 0 Å². The molecule has 4 heteroatoms. The number of nitrogens with zero attached hydrogens (tertiary/aromatic N) is 1. The number of anilines is 1. The fourth-order valence-electron chi connectivity index (χ4n) is 2.49. The summed E-state index contributed by atoms with van der Waals surface area (Å²) >= 11 is 3.48. The monoisotopic (exact) mass is 335 g/mol. The van der Waals surface area contributed by atoms with Crippen LogP contribution in [0.25, 0.3) is 0 Å². The van der Waals surface area contributed by atoms with Crippen molar-refractivity contribution in [2.24, 2.45) is 0 Å². The Morgan fingerprint density at radius 2 is 2.20 bits per heavy atom. The van der Waals surface area contributed by atoms with E-state index in [1.807, 2.05) is 31.2 Å². The highest BCUT2D eigenvalue weighted by molar-refractivity contribution is 9.10. The largest absolute Gasteiger partial charge is 0.467 e. The number of aliphatic hydroxyl groups is 1. The molecule has 0 radical (unpaired) electrons. The number of hydrogen-bond acceptors (Lipinski definition) is 3. The minimum atomic E-state index is -0.486. The molecule has 0 spiro atoms. The van der Waals surface area contributed by atoms with E-state index in [2.05, 4.69) is 26.9 Å². The number of halogens is 1. The third kappa shape index (κ3) is 2.91. The third-order valence-corrected chi connectivity index (χ3v) is 4.14. The van der Waals surface area contributed by atoms with E-state index in [1.54, 1.807) is 6.26 Å². The van der Waals surface area contributed by atoms with Crippen LogP contribution in [0.3, 0.4) is 0 Å². The number of benzene rings is 1. The zero-order valence-corrected chi connectivity index (χ0v) is 13.0. The van der Waals surface area contributed by atoms with Gasteiger partial charge in [-0.15, -0.1) is 0 Å². The predicted molar refractivity (Wildman–Crippen MR) is 82.7 cm³/mol. The Labute approximate surface area is 127 Å². The van der Waals surface area contributed by atoms with E-state index in [0.717, 1.165) is 28.0 Å². The molecule has 3 nitrogen and oxygen atoms in total. The average Bonchev–Trinajstić information content (AvgIpc) is 3.13. The maximum absolute atomic E-state index is 10.0. The van der Waals surface area contributed by atoms with Crippen LogP contribution in [0.2, 0.25) is 0 Å². The zero-order chi connectivity index (χ0) is 14.1. The fraction of sp³-hybridized carbons (Fsp3) is 0.375. The Hall–Kier alpha value is -1.26. The summed E-state index contributed by atoms with van der Waals surface area (Å²) < 4.78 is 6.47. The molecule has 106 valence electrons. The number of furan rings is 1. The molecule has 0 amide bonds. The van der Waals surface area contributed by atoms with Gasteiger partial charge < -0.3 is 14.4 Å². The first kappa shape index (κ1) is 13.7. The standard InChI is InChI=1S/C16H18BrNO2/c1-11(19)15-9-12(17)4-7-16(15)18(13-5-6-13)10-14-3-2-8-20-14/h2-4,7-9,11,13,19H,5-6,10H2,1H3. The SMILES string of the molecule is CC(O)c1cc(Br)ccc1N(Cc1ccco1)C1CC1. The van der Waals surface area contributed by atoms with Gasteiger partial charge >= 0.3 is 0 Å². The van der Waals surface area contributed by atoms with E-state index >= 15 is 0 Å². The van der Waals surface area contributed by atoms with Crippen molar-refractivity contribution in [3.8, 4) is 0 Å². The quantitative estimate of drug-likeness (QED) is 0.886. The normalized spacial score (nSPS) is 16.1. The highest BCUT2D eigenvalue weighted by Gasteiger charge is 2.31. The second kappa shape index (κ2) is 5.62. The molecule has 1 fully saturated rings. The predicted octanol–water partition coefficient (Wildman–Crippen LogP) is 4.26. The van der Waals surface area contributed by atoms with Gasteiger partial charge in [-0.2, -0.15) is 0 Å². The topological polar surface area (TPSA) is 36.6 Å². The molecule has 1 aliphatic carbocycles.